The number of unbranched alkanes of at least 4 members (excludes halogenated alkanes) is 7. The standard InChI is InChI=1S/C29H41NO5.C6H12O2/c1-29(2,3)35-28(32)23-16-14-17-25(21-23)33-20-13-9-7-5-4-6-8-10-19-27(31)34-22-24-15-11-12-18-26(24)30;1-5(7)8-6(2,3)4/h11-12,14-18,21H,4-10,13,19-20,22,30H2,1-3H3;1-4H3. The summed E-state index contributed by atoms with van der Waals surface area (Å²) in [7, 11) is 0. The Bertz CT molecular complexity index is 1120. The van der Waals surface area contributed by atoms with Crippen LogP contribution in [0.4, 0.5) is 5.69 Å². The van der Waals surface area contributed by atoms with E-state index in [-0.39, 0.29) is 30.1 Å². The third-order valence-corrected chi connectivity index (χ3v) is 5.91. The van der Waals surface area contributed by atoms with Gasteiger partial charge < -0.3 is 24.7 Å². The minimum Gasteiger partial charge on any atom is -0.494 e. The summed E-state index contributed by atoms with van der Waals surface area (Å²) in [6, 6.07) is 14.6. The lowest BCUT2D eigenvalue weighted by Crippen LogP contribution is -2.23. The fourth-order valence-electron chi connectivity index (χ4n) is 4.00. The molecule has 240 valence electrons. The van der Waals surface area contributed by atoms with Crippen molar-refractivity contribution in [3.05, 3.63) is 59.7 Å². The molecule has 0 bridgehead atoms. The molecule has 2 N–H and O–H groups in total. The van der Waals surface area contributed by atoms with Gasteiger partial charge in [-0.25, -0.2) is 4.79 Å². The maximum Gasteiger partial charge on any atom is 0.338 e. The maximum atomic E-state index is 12.2. The first-order valence-corrected chi connectivity index (χ1v) is 15.3. The summed E-state index contributed by atoms with van der Waals surface area (Å²) in [5, 5.41) is 0. The van der Waals surface area contributed by atoms with Crippen molar-refractivity contribution in [2.45, 2.75) is 124 Å². The zero-order chi connectivity index (χ0) is 32.3. The molecule has 0 unspecified atom stereocenters. The second-order valence-corrected chi connectivity index (χ2v) is 12.5. The fourth-order valence-corrected chi connectivity index (χ4v) is 4.00. The largest absolute Gasteiger partial charge is 0.494 e. The second kappa shape index (κ2) is 19.6. The van der Waals surface area contributed by atoms with E-state index in [1.54, 1.807) is 12.1 Å². The molecule has 8 heteroatoms. The number of nitrogens with two attached hydrogens (primary N) is 1. The van der Waals surface area contributed by atoms with Crippen LogP contribution in [0, 0.1) is 0 Å². The summed E-state index contributed by atoms with van der Waals surface area (Å²) in [4.78, 5) is 34.3. The van der Waals surface area contributed by atoms with Crippen LogP contribution < -0.4 is 10.5 Å². The van der Waals surface area contributed by atoms with E-state index in [0.29, 0.717) is 30.0 Å². The van der Waals surface area contributed by atoms with Gasteiger partial charge in [-0.1, -0.05) is 62.8 Å². The molecular formula is C35H53NO7. The third-order valence-electron chi connectivity index (χ3n) is 5.91. The number of carbonyl (C=O) groups is 3. The smallest absolute Gasteiger partial charge is 0.338 e. The van der Waals surface area contributed by atoms with Gasteiger partial charge in [0.15, 0.2) is 0 Å². The molecule has 0 saturated heterocycles. The van der Waals surface area contributed by atoms with Crippen LogP contribution in [0.25, 0.3) is 0 Å². The highest BCUT2D eigenvalue weighted by Crippen LogP contribution is 2.18. The summed E-state index contributed by atoms with van der Waals surface area (Å²) in [5.74, 6) is -0.0290. The Labute approximate surface area is 258 Å². The van der Waals surface area contributed by atoms with E-state index in [4.69, 9.17) is 24.7 Å². The van der Waals surface area contributed by atoms with Crippen LogP contribution in [0.1, 0.15) is 122 Å². The van der Waals surface area contributed by atoms with Gasteiger partial charge in [-0.15, -0.1) is 0 Å². The van der Waals surface area contributed by atoms with E-state index < -0.39 is 5.60 Å². The van der Waals surface area contributed by atoms with Crippen LogP contribution >= 0.6 is 0 Å². The van der Waals surface area contributed by atoms with E-state index >= 15 is 0 Å². The summed E-state index contributed by atoms with van der Waals surface area (Å²) in [6.45, 7) is 13.4. The van der Waals surface area contributed by atoms with Gasteiger partial charge in [-0.3, -0.25) is 9.59 Å². The number of benzene rings is 2. The first kappa shape index (κ1) is 37.5. The summed E-state index contributed by atoms with van der Waals surface area (Å²) in [5.41, 5.74) is 7.02. The lowest BCUT2D eigenvalue weighted by molar-refractivity contribution is -0.152. The van der Waals surface area contributed by atoms with Gasteiger partial charge >= 0.3 is 17.9 Å². The number of hydrogen-bond acceptors (Lipinski definition) is 8. The first-order chi connectivity index (χ1) is 20.2. The van der Waals surface area contributed by atoms with Crippen molar-refractivity contribution >= 4 is 23.6 Å². The van der Waals surface area contributed by atoms with Crippen molar-refractivity contribution in [2.75, 3.05) is 12.3 Å². The Morgan fingerprint density at radius 2 is 1.30 bits per heavy atom. The number of esters is 3. The molecule has 2 aromatic carbocycles. The molecule has 8 nitrogen and oxygen atoms in total. The number of hydrogen-bond donors (Lipinski definition) is 1. The van der Waals surface area contributed by atoms with Gasteiger partial charge in [0.2, 0.25) is 0 Å². The van der Waals surface area contributed by atoms with Crippen LogP contribution in [0.3, 0.4) is 0 Å². The quantitative estimate of drug-likeness (QED) is 0.0943. The molecule has 0 fully saturated rings. The van der Waals surface area contributed by atoms with E-state index in [9.17, 15) is 14.4 Å². The van der Waals surface area contributed by atoms with E-state index in [0.717, 1.165) is 37.7 Å². The van der Waals surface area contributed by atoms with Gasteiger partial charge in [0, 0.05) is 24.6 Å². The van der Waals surface area contributed by atoms with Gasteiger partial charge in [0.1, 0.15) is 23.6 Å². The zero-order valence-electron chi connectivity index (χ0n) is 27.3. The molecule has 0 amide bonds. The van der Waals surface area contributed by atoms with Crippen LogP contribution in [-0.4, -0.2) is 35.7 Å². The molecule has 0 heterocycles. The van der Waals surface area contributed by atoms with Gasteiger partial charge in [0.05, 0.1) is 12.2 Å². The van der Waals surface area contributed by atoms with Crippen molar-refractivity contribution in [1.82, 2.24) is 0 Å². The van der Waals surface area contributed by atoms with Gasteiger partial charge in [0.25, 0.3) is 0 Å². The highest BCUT2D eigenvalue weighted by Gasteiger charge is 2.18. The van der Waals surface area contributed by atoms with Crippen molar-refractivity contribution in [2.24, 2.45) is 0 Å². The van der Waals surface area contributed by atoms with Crippen molar-refractivity contribution in [1.29, 1.82) is 0 Å². The monoisotopic (exact) mass is 599 g/mol. The molecule has 2 aromatic rings. The van der Waals surface area contributed by atoms with E-state index in [2.05, 4.69) is 0 Å². The summed E-state index contributed by atoms with van der Waals surface area (Å²) >= 11 is 0. The topological polar surface area (TPSA) is 114 Å². The zero-order valence-corrected chi connectivity index (χ0v) is 27.3. The molecule has 0 aromatic heterocycles. The predicted molar refractivity (Wildman–Crippen MR) is 171 cm³/mol. The molecule has 0 atom stereocenters. The number of para-hydroxylation sites is 1. The Morgan fingerprint density at radius 1 is 0.721 bits per heavy atom. The SMILES string of the molecule is CC(=O)OC(C)(C)C.CC(C)(C)OC(=O)c1cccc(OCCCCCCCCCCC(=O)OCc2ccccc2N)c1. The Morgan fingerprint density at radius 3 is 1.86 bits per heavy atom. The molecule has 0 aliphatic carbocycles. The average Bonchev–Trinajstić information content (AvgIpc) is 2.89. The number of nitrogen functional groups attached to an aromatic ring is 1. The molecular weight excluding hydrogens is 546 g/mol. The Hall–Kier alpha value is -3.55. The van der Waals surface area contributed by atoms with Crippen molar-refractivity contribution in [3.8, 4) is 5.75 Å². The summed E-state index contributed by atoms with van der Waals surface area (Å²) in [6.07, 6.45) is 9.11. The Balaban J connectivity index is 0.00000101. The minimum absolute atomic E-state index is 0.162. The molecule has 0 aliphatic rings. The third kappa shape index (κ3) is 20.1. The molecule has 0 spiro atoms. The Kier molecular flexibility index (Phi) is 17.1. The van der Waals surface area contributed by atoms with E-state index in [1.165, 1.54) is 26.2 Å². The molecule has 2 rings (SSSR count). The lowest BCUT2D eigenvalue weighted by atomic mass is 10.1. The molecule has 0 aliphatic heterocycles. The predicted octanol–water partition coefficient (Wildman–Crippen LogP) is 8.21. The van der Waals surface area contributed by atoms with Crippen LogP contribution in [0.5, 0.6) is 5.75 Å². The summed E-state index contributed by atoms with van der Waals surface area (Å²) < 4.78 is 21.3. The average molecular weight is 600 g/mol. The van der Waals surface area contributed by atoms with Crippen molar-refractivity contribution in [3.63, 3.8) is 0 Å². The number of anilines is 1. The van der Waals surface area contributed by atoms with Crippen LogP contribution in [-0.2, 0) is 30.4 Å². The fraction of sp³-hybridized carbons (Fsp3) is 0.571. The van der Waals surface area contributed by atoms with Crippen LogP contribution in [0.2, 0.25) is 0 Å². The number of ether oxygens (including phenoxy) is 4. The van der Waals surface area contributed by atoms with Crippen LogP contribution in [0.15, 0.2) is 48.5 Å². The van der Waals surface area contributed by atoms with Crippen molar-refractivity contribution < 1.29 is 33.3 Å². The molecule has 0 saturated carbocycles. The minimum atomic E-state index is -0.516. The normalized spacial score (nSPS) is 11.1. The number of carbonyl (C=O) groups excluding carboxylic acids is 3. The molecule has 43 heavy (non-hydrogen) atoms. The lowest BCUT2D eigenvalue weighted by Gasteiger charge is -2.19. The van der Waals surface area contributed by atoms with E-state index in [1.807, 2.05) is 77.9 Å². The second-order valence-electron chi connectivity index (χ2n) is 12.5. The highest BCUT2D eigenvalue weighted by atomic mass is 16.6. The van der Waals surface area contributed by atoms with Gasteiger partial charge in [-0.2, -0.15) is 0 Å². The first-order valence-electron chi connectivity index (χ1n) is 15.3. The number of rotatable bonds is 15. The highest BCUT2D eigenvalue weighted by molar-refractivity contribution is 5.90. The van der Waals surface area contributed by atoms with Gasteiger partial charge in [-0.05, 0) is 78.6 Å². The maximum absolute atomic E-state index is 12.2. The molecule has 0 radical (unpaired) electrons.